The Bertz CT molecular complexity index is 584. The highest BCUT2D eigenvalue weighted by molar-refractivity contribution is 5.83. The Kier molecular flexibility index (Phi) is 3.57. The number of carbonyl (C=O) groups is 1. The maximum absolute atomic E-state index is 11.8. The zero-order valence-electron chi connectivity index (χ0n) is 11.5. The van der Waals surface area contributed by atoms with E-state index in [1.54, 1.807) is 18.3 Å². The molecule has 5 heteroatoms. The van der Waals surface area contributed by atoms with Crippen LogP contribution in [0, 0.1) is 0 Å². The summed E-state index contributed by atoms with van der Waals surface area (Å²) >= 11 is 0. The molecule has 1 amide bonds. The quantitative estimate of drug-likeness (QED) is 0.872. The third-order valence-electron chi connectivity index (χ3n) is 3.09. The minimum absolute atomic E-state index is 0.268. The molecule has 2 aromatic rings. The maximum atomic E-state index is 11.8. The molecule has 0 spiro atoms. The van der Waals surface area contributed by atoms with E-state index < -0.39 is 5.60 Å². The second-order valence-corrected chi connectivity index (χ2v) is 5.29. The lowest BCUT2D eigenvalue weighted by Crippen LogP contribution is -2.43. The molecule has 102 valence electrons. The SMILES string of the molecule is CN(CCc1ccc2nc[nH]c2c1)C(=O)C(C)(C)O. The van der Waals surface area contributed by atoms with Gasteiger partial charge in [0.2, 0.25) is 0 Å². The molecule has 0 atom stereocenters. The van der Waals surface area contributed by atoms with Crippen LogP contribution in [0.15, 0.2) is 24.5 Å². The molecular weight excluding hydrogens is 242 g/mol. The number of rotatable bonds is 4. The van der Waals surface area contributed by atoms with Crippen LogP contribution in [-0.2, 0) is 11.2 Å². The number of H-pyrrole nitrogens is 1. The van der Waals surface area contributed by atoms with Gasteiger partial charge in [-0.05, 0) is 38.0 Å². The molecule has 0 unspecified atom stereocenters. The van der Waals surface area contributed by atoms with Crippen LogP contribution in [-0.4, -0.2) is 45.1 Å². The highest BCUT2D eigenvalue weighted by Crippen LogP contribution is 2.13. The number of carbonyl (C=O) groups excluding carboxylic acids is 1. The van der Waals surface area contributed by atoms with E-state index in [1.807, 2.05) is 18.2 Å². The Morgan fingerprint density at radius 1 is 1.47 bits per heavy atom. The van der Waals surface area contributed by atoms with Crippen LogP contribution in [0.5, 0.6) is 0 Å². The molecule has 2 N–H and O–H groups in total. The van der Waals surface area contributed by atoms with Gasteiger partial charge in [-0.15, -0.1) is 0 Å². The molecule has 0 fully saturated rings. The summed E-state index contributed by atoms with van der Waals surface area (Å²) in [5.41, 5.74) is 1.74. The topological polar surface area (TPSA) is 69.2 Å². The Hall–Kier alpha value is -1.88. The second-order valence-electron chi connectivity index (χ2n) is 5.29. The minimum Gasteiger partial charge on any atom is -0.381 e. The molecule has 0 aliphatic rings. The van der Waals surface area contributed by atoms with E-state index in [-0.39, 0.29) is 5.91 Å². The van der Waals surface area contributed by atoms with Gasteiger partial charge in [0.15, 0.2) is 0 Å². The molecule has 1 aromatic heterocycles. The number of fused-ring (bicyclic) bond motifs is 1. The first-order valence-electron chi connectivity index (χ1n) is 6.28. The largest absolute Gasteiger partial charge is 0.381 e. The first kappa shape index (κ1) is 13.5. The van der Waals surface area contributed by atoms with Crippen molar-refractivity contribution < 1.29 is 9.90 Å². The highest BCUT2D eigenvalue weighted by atomic mass is 16.3. The zero-order valence-corrected chi connectivity index (χ0v) is 11.5. The van der Waals surface area contributed by atoms with Crippen molar-refractivity contribution in [2.45, 2.75) is 25.9 Å². The first-order chi connectivity index (χ1) is 8.88. The Morgan fingerprint density at radius 3 is 2.89 bits per heavy atom. The van der Waals surface area contributed by atoms with Gasteiger partial charge < -0.3 is 15.0 Å². The van der Waals surface area contributed by atoms with Crippen molar-refractivity contribution in [3.05, 3.63) is 30.1 Å². The number of aliphatic hydroxyl groups is 1. The van der Waals surface area contributed by atoms with E-state index >= 15 is 0 Å². The van der Waals surface area contributed by atoms with E-state index in [4.69, 9.17) is 0 Å². The zero-order chi connectivity index (χ0) is 14.0. The van der Waals surface area contributed by atoms with Gasteiger partial charge in [0.1, 0.15) is 5.60 Å². The molecule has 5 nitrogen and oxygen atoms in total. The van der Waals surface area contributed by atoms with Crippen molar-refractivity contribution in [3.8, 4) is 0 Å². The van der Waals surface area contributed by atoms with E-state index in [2.05, 4.69) is 9.97 Å². The van der Waals surface area contributed by atoms with Gasteiger partial charge in [-0.25, -0.2) is 4.98 Å². The van der Waals surface area contributed by atoms with Gasteiger partial charge in [0.05, 0.1) is 17.4 Å². The van der Waals surface area contributed by atoms with Crippen LogP contribution in [0.1, 0.15) is 19.4 Å². The number of amides is 1. The van der Waals surface area contributed by atoms with Crippen LogP contribution in [0.2, 0.25) is 0 Å². The van der Waals surface area contributed by atoms with Crippen LogP contribution in [0.4, 0.5) is 0 Å². The maximum Gasteiger partial charge on any atom is 0.253 e. The van der Waals surface area contributed by atoms with E-state index in [9.17, 15) is 9.90 Å². The third kappa shape index (κ3) is 3.12. The van der Waals surface area contributed by atoms with Crippen LogP contribution in [0.3, 0.4) is 0 Å². The lowest BCUT2D eigenvalue weighted by Gasteiger charge is -2.24. The number of nitrogens with zero attached hydrogens (tertiary/aromatic N) is 2. The smallest absolute Gasteiger partial charge is 0.253 e. The summed E-state index contributed by atoms with van der Waals surface area (Å²) < 4.78 is 0. The van der Waals surface area contributed by atoms with Gasteiger partial charge in [0, 0.05) is 13.6 Å². The van der Waals surface area contributed by atoms with Gasteiger partial charge in [-0.2, -0.15) is 0 Å². The van der Waals surface area contributed by atoms with Gasteiger partial charge >= 0.3 is 0 Å². The van der Waals surface area contributed by atoms with Gasteiger partial charge in [0.25, 0.3) is 5.91 Å². The number of hydrogen-bond donors (Lipinski definition) is 2. The summed E-state index contributed by atoms with van der Waals surface area (Å²) in [4.78, 5) is 20.6. The van der Waals surface area contributed by atoms with Crippen molar-refractivity contribution in [3.63, 3.8) is 0 Å². The summed E-state index contributed by atoms with van der Waals surface area (Å²) in [5, 5.41) is 9.66. The molecular formula is C14H19N3O2. The number of likely N-dealkylation sites (N-methyl/N-ethyl adjacent to an activating group) is 1. The van der Waals surface area contributed by atoms with E-state index in [1.165, 1.54) is 13.8 Å². The molecule has 0 saturated carbocycles. The number of aromatic nitrogens is 2. The second kappa shape index (κ2) is 5.01. The van der Waals surface area contributed by atoms with Crippen molar-refractivity contribution in [2.75, 3.05) is 13.6 Å². The fourth-order valence-corrected chi connectivity index (χ4v) is 2.00. The standard InChI is InChI=1S/C14H19N3O2/c1-14(2,19)13(18)17(3)7-6-10-4-5-11-12(8-10)16-9-15-11/h4-5,8-9,19H,6-7H2,1-3H3,(H,15,16). The first-order valence-corrected chi connectivity index (χ1v) is 6.28. The molecule has 0 aliphatic heterocycles. The number of imidazole rings is 1. The number of hydrogen-bond acceptors (Lipinski definition) is 3. The van der Waals surface area contributed by atoms with Crippen molar-refractivity contribution in [2.24, 2.45) is 0 Å². The average Bonchev–Trinajstić information content (AvgIpc) is 2.81. The lowest BCUT2D eigenvalue weighted by molar-refractivity contribution is -0.146. The summed E-state index contributed by atoms with van der Waals surface area (Å²) in [5.74, 6) is -0.268. The van der Waals surface area contributed by atoms with Gasteiger partial charge in [-0.3, -0.25) is 4.79 Å². The molecule has 0 aliphatic carbocycles. The summed E-state index contributed by atoms with van der Waals surface area (Å²) in [6.07, 6.45) is 2.41. The molecule has 2 rings (SSSR count). The van der Waals surface area contributed by atoms with Crippen LogP contribution in [0.25, 0.3) is 11.0 Å². The fourth-order valence-electron chi connectivity index (χ4n) is 2.00. The summed E-state index contributed by atoms with van der Waals surface area (Å²) in [6.45, 7) is 3.58. The van der Waals surface area contributed by atoms with Crippen molar-refractivity contribution >= 4 is 16.9 Å². The monoisotopic (exact) mass is 261 g/mol. The molecule has 1 aromatic carbocycles. The van der Waals surface area contributed by atoms with E-state index in [0.29, 0.717) is 6.54 Å². The summed E-state index contributed by atoms with van der Waals surface area (Å²) in [7, 11) is 1.70. The molecule has 0 saturated heterocycles. The Balaban J connectivity index is 2.00. The molecule has 1 heterocycles. The fraction of sp³-hybridized carbons (Fsp3) is 0.429. The predicted molar refractivity (Wildman–Crippen MR) is 73.7 cm³/mol. The van der Waals surface area contributed by atoms with Gasteiger partial charge in [-0.1, -0.05) is 6.07 Å². The number of benzene rings is 1. The highest BCUT2D eigenvalue weighted by Gasteiger charge is 2.26. The lowest BCUT2D eigenvalue weighted by atomic mass is 10.1. The minimum atomic E-state index is -1.32. The number of nitrogens with one attached hydrogen (secondary N) is 1. The average molecular weight is 261 g/mol. The number of aromatic amines is 1. The Labute approximate surface area is 112 Å². The molecule has 0 bridgehead atoms. The third-order valence-corrected chi connectivity index (χ3v) is 3.09. The Morgan fingerprint density at radius 2 is 2.21 bits per heavy atom. The summed E-state index contributed by atoms with van der Waals surface area (Å²) in [6, 6.07) is 6.00. The normalized spacial score (nSPS) is 11.8. The van der Waals surface area contributed by atoms with Crippen LogP contribution >= 0.6 is 0 Å². The van der Waals surface area contributed by atoms with Crippen molar-refractivity contribution in [1.82, 2.24) is 14.9 Å². The van der Waals surface area contributed by atoms with Crippen LogP contribution < -0.4 is 0 Å². The van der Waals surface area contributed by atoms with E-state index in [0.717, 1.165) is 23.0 Å². The predicted octanol–water partition coefficient (Wildman–Crippen LogP) is 1.33. The molecule has 19 heavy (non-hydrogen) atoms. The molecule has 0 radical (unpaired) electrons. The van der Waals surface area contributed by atoms with Crippen molar-refractivity contribution in [1.29, 1.82) is 0 Å².